The molecule has 0 aromatic carbocycles. The standard InChI is InChI=1S/C14H21BrCl3NO5/c1-13(2,3)24-12(22)19-10(6-4-5-9(20)7-15)11(21)23-8-14(16,17)18/h10H,4-8H2,1-3H3,(H,19,22)/t10-/m1/s1. The first-order valence-corrected chi connectivity index (χ1v) is 9.40. The molecule has 24 heavy (non-hydrogen) atoms. The first-order valence-electron chi connectivity index (χ1n) is 7.14. The molecule has 140 valence electrons. The highest BCUT2D eigenvalue weighted by molar-refractivity contribution is 9.09. The van der Waals surface area contributed by atoms with Crippen molar-refractivity contribution in [1.29, 1.82) is 0 Å². The largest absolute Gasteiger partial charge is 0.460 e. The van der Waals surface area contributed by atoms with E-state index in [4.69, 9.17) is 44.3 Å². The Bertz CT molecular complexity index is 449. The van der Waals surface area contributed by atoms with Gasteiger partial charge in [0.1, 0.15) is 24.0 Å². The number of alkyl halides is 4. The zero-order chi connectivity index (χ0) is 19.0. The highest BCUT2D eigenvalue weighted by Crippen LogP contribution is 2.26. The minimum atomic E-state index is -1.75. The third-order valence-electron chi connectivity index (χ3n) is 2.45. The Morgan fingerprint density at radius 3 is 2.21 bits per heavy atom. The lowest BCUT2D eigenvalue weighted by molar-refractivity contribution is -0.146. The van der Waals surface area contributed by atoms with Crippen molar-refractivity contribution in [1.82, 2.24) is 5.32 Å². The second-order valence-electron chi connectivity index (χ2n) is 5.99. The number of rotatable bonds is 8. The van der Waals surface area contributed by atoms with Crippen LogP contribution in [0.2, 0.25) is 0 Å². The van der Waals surface area contributed by atoms with Gasteiger partial charge in [0.05, 0.1) is 5.33 Å². The summed E-state index contributed by atoms with van der Waals surface area (Å²) in [4.78, 5) is 35.2. The summed E-state index contributed by atoms with van der Waals surface area (Å²) in [5.41, 5.74) is -0.720. The molecule has 0 rings (SSSR count). The van der Waals surface area contributed by atoms with Crippen molar-refractivity contribution in [3.8, 4) is 0 Å². The van der Waals surface area contributed by atoms with Crippen LogP contribution in [0.25, 0.3) is 0 Å². The summed E-state index contributed by atoms with van der Waals surface area (Å²) in [7, 11) is 0. The molecule has 0 aromatic rings. The number of amides is 1. The Hall–Kier alpha value is -0.240. The van der Waals surface area contributed by atoms with Gasteiger partial charge in [0.15, 0.2) is 0 Å². The molecule has 0 aliphatic heterocycles. The van der Waals surface area contributed by atoms with Gasteiger partial charge in [-0.1, -0.05) is 50.7 Å². The zero-order valence-electron chi connectivity index (χ0n) is 13.7. The van der Waals surface area contributed by atoms with E-state index in [2.05, 4.69) is 21.2 Å². The van der Waals surface area contributed by atoms with Crippen molar-refractivity contribution in [3.05, 3.63) is 0 Å². The maximum atomic E-state index is 12.1. The van der Waals surface area contributed by atoms with E-state index in [9.17, 15) is 14.4 Å². The molecular weight excluding hydrogens is 448 g/mol. The fourth-order valence-electron chi connectivity index (χ4n) is 1.52. The van der Waals surface area contributed by atoms with E-state index in [1.54, 1.807) is 20.8 Å². The van der Waals surface area contributed by atoms with Crippen LogP contribution in [0.4, 0.5) is 4.79 Å². The summed E-state index contributed by atoms with van der Waals surface area (Å²) >= 11 is 19.6. The van der Waals surface area contributed by atoms with Crippen molar-refractivity contribution < 1.29 is 23.9 Å². The number of nitrogens with one attached hydrogen (secondary N) is 1. The minimum absolute atomic E-state index is 0.0133. The summed E-state index contributed by atoms with van der Waals surface area (Å²) in [6, 6.07) is -1.00. The number of hydrogen-bond acceptors (Lipinski definition) is 5. The lowest BCUT2D eigenvalue weighted by Gasteiger charge is -2.23. The van der Waals surface area contributed by atoms with E-state index in [-0.39, 0.29) is 24.0 Å². The van der Waals surface area contributed by atoms with Crippen LogP contribution >= 0.6 is 50.7 Å². The number of hydrogen-bond donors (Lipinski definition) is 1. The quantitative estimate of drug-likeness (QED) is 0.430. The van der Waals surface area contributed by atoms with Gasteiger partial charge in [0, 0.05) is 6.42 Å². The number of ketones is 1. The van der Waals surface area contributed by atoms with Crippen LogP contribution in [0.3, 0.4) is 0 Å². The van der Waals surface area contributed by atoms with Crippen LogP contribution in [-0.2, 0) is 19.1 Å². The Morgan fingerprint density at radius 1 is 1.17 bits per heavy atom. The molecule has 0 aromatic heterocycles. The van der Waals surface area contributed by atoms with Crippen molar-refractivity contribution in [2.45, 2.75) is 55.5 Å². The van der Waals surface area contributed by atoms with Crippen molar-refractivity contribution in [2.24, 2.45) is 0 Å². The molecule has 6 nitrogen and oxygen atoms in total. The predicted molar refractivity (Wildman–Crippen MR) is 97.1 cm³/mol. The van der Waals surface area contributed by atoms with Gasteiger partial charge in [-0.25, -0.2) is 9.59 Å². The summed E-state index contributed by atoms with van der Waals surface area (Å²) in [5, 5.41) is 2.64. The Balaban J connectivity index is 4.72. The normalized spacial score (nSPS) is 13.1. The van der Waals surface area contributed by atoms with Crippen molar-refractivity contribution in [3.63, 3.8) is 0 Å². The molecule has 0 fully saturated rings. The van der Waals surface area contributed by atoms with Crippen LogP contribution in [0.1, 0.15) is 40.0 Å². The van der Waals surface area contributed by atoms with Gasteiger partial charge < -0.3 is 14.8 Å². The van der Waals surface area contributed by atoms with Gasteiger partial charge in [0.2, 0.25) is 3.79 Å². The number of carbonyl (C=O) groups is 3. The highest BCUT2D eigenvalue weighted by atomic mass is 79.9. The van der Waals surface area contributed by atoms with Gasteiger partial charge in [-0.3, -0.25) is 4.79 Å². The molecule has 1 N–H and O–H groups in total. The lowest BCUT2D eigenvalue weighted by atomic mass is 10.1. The average Bonchev–Trinajstić information content (AvgIpc) is 2.40. The van der Waals surface area contributed by atoms with Crippen LogP contribution in [0, 0.1) is 0 Å². The summed E-state index contributed by atoms with van der Waals surface area (Å²) in [6.07, 6.45) is 0.0602. The molecule has 0 bridgehead atoms. The average molecular weight is 470 g/mol. The van der Waals surface area contributed by atoms with Crippen LogP contribution in [0.5, 0.6) is 0 Å². The van der Waals surface area contributed by atoms with Gasteiger partial charge in [-0.2, -0.15) is 0 Å². The summed E-state index contributed by atoms with van der Waals surface area (Å²) < 4.78 is 8.23. The number of carbonyl (C=O) groups excluding carboxylic acids is 3. The molecule has 1 amide bonds. The molecule has 0 saturated heterocycles. The van der Waals surface area contributed by atoms with Gasteiger partial charge in [-0.15, -0.1) is 0 Å². The second kappa shape index (κ2) is 10.7. The van der Waals surface area contributed by atoms with E-state index < -0.39 is 34.1 Å². The fraction of sp³-hybridized carbons (Fsp3) is 0.786. The van der Waals surface area contributed by atoms with E-state index in [0.717, 1.165) is 0 Å². The summed E-state index contributed by atoms with van der Waals surface area (Å²) in [5.74, 6) is -0.779. The van der Waals surface area contributed by atoms with Crippen LogP contribution < -0.4 is 5.32 Å². The molecule has 0 heterocycles. The topological polar surface area (TPSA) is 81.7 Å². The number of alkyl carbamates (subject to hydrolysis) is 1. The Morgan fingerprint density at radius 2 is 1.75 bits per heavy atom. The molecule has 0 aliphatic carbocycles. The van der Waals surface area contributed by atoms with Crippen LogP contribution in [-0.4, -0.2) is 45.2 Å². The Labute approximate surface area is 165 Å². The Kier molecular flexibility index (Phi) is 10.6. The zero-order valence-corrected chi connectivity index (χ0v) is 17.5. The van der Waals surface area contributed by atoms with Gasteiger partial charge >= 0.3 is 12.1 Å². The minimum Gasteiger partial charge on any atom is -0.460 e. The molecule has 10 heteroatoms. The van der Waals surface area contributed by atoms with Gasteiger partial charge in [-0.05, 0) is 33.6 Å². The maximum absolute atomic E-state index is 12.1. The molecule has 0 spiro atoms. The SMILES string of the molecule is CC(C)(C)OC(=O)N[C@H](CCCC(=O)CBr)C(=O)OCC(Cl)(Cl)Cl. The maximum Gasteiger partial charge on any atom is 0.408 e. The van der Waals surface area contributed by atoms with E-state index in [0.29, 0.717) is 6.42 Å². The third kappa shape index (κ3) is 13.1. The van der Waals surface area contributed by atoms with E-state index >= 15 is 0 Å². The molecule has 0 radical (unpaired) electrons. The molecule has 1 atom stereocenters. The van der Waals surface area contributed by atoms with E-state index in [1.165, 1.54) is 0 Å². The third-order valence-corrected chi connectivity index (χ3v) is 3.40. The van der Waals surface area contributed by atoms with E-state index in [1.807, 2.05) is 0 Å². The highest BCUT2D eigenvalue weighted by Gasteiger charge is 2.28. The smallest absolute Gasteiger partial charge is 0.408 e. The number of Topliss-reactive ketones (excluding diaryl/α,β-unsaturated/α-hetero) is 1. The second-order valence-corrected chi connectivity index (χ2v) is 9.06. The summed E-state index contributed by atoms with van der Waals surface area (Å²) in [6.45, 7) is 4.62. The first-order chi connectivity index (χ1) is 10.8. The monoisotopic (exact) mass is 467 g/mol. The van der Waals surface area contributed by atoms with Gasteiger partial charge in [0.25, 0.3) is 0 Å². The molecule has 0 saturated carbocycles. The molecular formula is C14H21BrCl3NO5. The predicted octanol–water partition coefficient (Wildman–Crippen LogP) is 3.93. The number of halogens is 4. The first kappa shape index (κ1) is 23.8. The fourth-order valence-corrected chi connectivity index (χ4v) is 1.97. The van der Waals surface area contributed by atoms with Crippen molar-refractivity contribution >= 4 is 68.6 Å². The number of ether oxygens (including phenoxy) is 2. The number of esters is 1. The molecule has 0 unspecified atom stereocenters. The lowest BCUT2D eigenvalue weighted by Crippen LogP contribution is -2.44. The molecule has 0 aliphatic rings. The van der Waals surface area contributed by atoms with Crippen LogP contribution in [0.15, 0.2) is 0 Å². The van der Waals surface area contributed by atoms with Crippen molar-refractivity contribution in [2.75, 3.05) is 11.9 Å².